The van der Waals surface area contributed by atoms with Gasteiger partial charge in [0.15, 0.2) is 17.3 Å². The average Bonchev–Trinajstić information content (AvgIpc) is 2.80. The first-order chi connectivity index (χ1) is 7.79. The predicted molar refractivity (Wildman–Crippen MR) is 52.6 cm³/mol. The van der Waals surface area contributed by atoms with Gasteiger partial charge in [-0.15, -0.1) is 0 Å². The molecule has 16 heavy (non-hydrogen) atoms. The molecule has 1 aromatic carbocycles. The number of hydrogen-bond acceptors (Lipinski definition) is 4. The molecule has 0 bridgehead atoms. The summed E-state index contributed by atoms with van der Waals surface area (Å²) in [6.07, 6.45) is 2.05. The molecule has 0 unspecified atom stereocenters. The second kappa shape index (κ2) is 4.57. The van der Waals surface area contributed by atoms with E-state index >= 15 is 0 Å². The molecule has 82 valence electrons. The number of hydrogen-bond donors (Lipinski definition) is 0. The minimum Gasteiger partial charge on any atom is -0.482 e. The lowest BCUT2D eigenvalue weighted by Crippen LogP contribution is -1.96. The molecular formula is C11H8FNO3. The molecule has 0 amide bonds. The van der Waals surface area contributed by atoms with Crippen LogP contribution in [-0.2, 0) is 6.61 Å². The Labute approximate surface area is 90.6 Å². The number of aldehydes is 1. The van der Waals surface area contributed by atoms with Crippen LogP contribution in [0.15, 0.2) is 35.0 Å². The van der Waals surface area contributed by atoms with Gasteiger partial charge < -0.3 is 9.26 Å². The molecule has 2 aromatic rings. The van der Waals surface area contributed by atoms with Crippen LogP contribution >= 0.6 is 0 Å². The van der Waals surface area contributed by atoms with Gasteiger partial charge in [-0.05, 0) is 18.2 Å². The highest BCUT2D eigenvalue weighted by molar-refractivity contribution is 5.74. The van der Waals surface area contributed by atoms with E-state index in [9.17, 15) is 9.18 Å². The van der Waals surface area contributed by atoms with Crippen molar-refractivity contribution in [2.75, 3.05) is 0 Å². The van der Waals surface area contributed by atoms with E-state index in [2.05, 4.69) is 5.16 Å². The number of halogens is 1. The average molecular weight is 221 g/mol. The summed E-state index contributed by atoms with van der Waals surface area (Å²) >= 11 is 0. The zero-order valence-corrected chi connectivity index (χ0v) is 8.22. The van der Waals surface area contributed by atoms with Crippen LogP contribution in [0.3, 0.4) is 0 Å². The highest BCUT2D eigenvalue weighted by atomic mass is 19.1. The number of nitrogens with zero attached hydrogens (tertiary/aromatic N) is 1. The Kier molecular flexibility index (Phi) is 2.95. The molecule has 1 aromatic heterocycles. The summed E-state index contributed by atoms with van der Waals surface area (Å²) in [4.78, 5) is 10.4. The summed E-state index contributed by atoms with van der Waals surface area (Å²) < 4.78 is 23.3. The minimum atomic E-state index is -0.580. The summed E-state index contributed by atoms with van der Waals surface area (Å²) in [6, 6.07) is 5.61. The van der Waals surface area contributed by atoms with E-state index in [1.165, 1.54) is 18.3 Å². The summed E-state index contributed by atoms with van der Waals surface area (Å²) in [5.41, 5.74) is 0.268. The van der Waals surface area contributed by atoms with Gasteiger partial charge in [0.2, 0.25) is 0 Å². The van der Waals surface area contributed by atoms with Crippen molar-refractivity contribution >= 4 is 6.29 Å². The molecule has 0 aliphatic heterocycles. The van der Waals surface area contributed by atoms with Crippen LogP contribution in [0.25, 0.3) is 0 Å². The maximum absolute atomic E-state index is 13.3. The summed E-state index contributed by atoms with van der Waals surface area (Å²) in [6.45, 7) is 0.0946. The molecule has 0 atom stereocenters. The minimum absolute atomic E-state index is 0.0713. The van der Waals surface area contributed by atoms with Crippen LogP contribution < -0.4 is 4.74 Å². The smallest absolute Gasteiger partial charge is 0.174 e. The molecule has 5 heteroatoms. The van der Waals surface area contributed by atoms with Gasteiger partial charge in [0, 0.05) is 11.6 Å². The lowest BCUT2D eigenvalue weighted by Gasteiger charge is -2.04. The molecule has 0 saturated heterocycles. The third-order valence-corrected chi connectivity index (χ3v) is 1.95. The first-order valence-corrected chi connectivity index (χ1v) is 4.56. The van der Waals surface area contributed by atoms with E-state index < -0.39 is 5.82 Å². The monoisotopic (exact) mass is 221 g/mol. The van der Waals surface area contributed by atoms with Crippen molar-refractivity contribution < 1.29 is 18.4 Å². The first kappa shape index (κ1) is 10.4. The lowest BCUT2D eigenvalue weighted by atomic mass is 10.2. The summed E-state index contributed by atoms with van der Waals surface area (Å²) in [7, 11) is 0. The van der Waals surface area contributed by atoms with Crippen LogP contribution in [0.2, 0.25) is 0 Å². The van der Waals surface area contributed by atoms with E-state index in [1.54, 1.807) is 6.07 Å². The molecule has 0 N–H and O–H groups in total. The maximum atomic E-state index is 13.3. The topological polar surface area (TPSA) is 52.3 Å². The highest BCUT2D eigenvalue weighted by Gasteiger charge is 2.05. The third-order valence-electron chi connectivity index (χ3n) is 1.95. The summed E-state index contributed by atoms with van der Waals surface area (Å²) in [5, 5.41) is 3.49. The number of carbonyl (C=O) groups is 1. The second-order valence-electron chi connectivity index (χ2n) is 3.08. The van der Waals surface area contributed by atoms with Crippen LogP contribution in [0.1, 0.15) is 16.1 Å². The first-order valence-electron chi connectivity index (χ1n) is 4.56. The van der Waals surface area contributed by atoms with E-state index in [0.717, 1.165) is 6.07 Å². The van der Waals surface area contributed by atoms with Gasteiger partial charge in [-0.3, -0.25) is 4.79 Å². The Balaban J connectivity index is 2.07. The van der Waals surface area contributed by atoms with Crippen LogP contribution in [0.4, 0.5) is 4.39 Å². The van der Waals surface area contributed by atoms with Gasteiger partial charge in [-0.2, -0.15) is 0 Å². The Morgan fingerprint density at radius 1 is 1.44 bits per heavy atom. The molecule has 4 nitrogen and oxygen atoms in total. The number of carbonyl (C=O) groups excluding carboxylic acids is 1. The molecule has 2 rings (SSSR count). The fourth-order valence-corrected chi connectivity index (χ4v) is 1.17. The van der Waals surface area contributed by atoms with Crippen LogP contribution in [0, 0.1) is 5.82 Å². The Hall–Kier alpha value is -2.17. The normalized spacial score (nSPS) is 10.1. The Bertz CT molecular complexity index is 482. The van der Waals surface area contributed by atoms with Crippen LogP contribution in [-0.4, -0.2) is 11.4 Å². The molecule has 0 radical (unpaired) electrons. The molecule has 0 aliphatic rings. The number of rotatable bonds is 4. The van der Waals surface area contributed by atoms with Gasteiger partial charge in [0.25, 0.3) is 0 Å². The number of aromatic nitrogens is 1. The predicted octanol–water partition coefficient (Wildman–Crippen LogP) is 2.21. The maximum Gasteiger partial charge on any atom is 0.174 e. The fraction of sp³-hybridized carbons (Fsp3) is 0.0909. The van der Waals surface area contributed by atoms with Crippen molar-refractivity contribution in [1.82, 2.24) is 5.16 Å². The van der Waals surface area contributed by atoms with Crippen molar-refractivity contribution in [2.45, 2.75) is 6.61 Å². The molecule has 0 spiro atoms. The zero-order chi connectivity index (χ0) is 11.4. The van der Waals surface area contributed by atoms with E-state index in [4.69, 9.17) is 9.26 Å². The van der Waals surface area contributed by atoms with Crippen molar-refractivity contribution in [1.29, 1.82) is 0 Å². The van der Waals surface area contributed by atoms with E-state index in [0.29, 0.717) is 12.0 Å². The van der Waals surface area contributed by atoms with Crippen molar-refractivity contribution in [3.8, 4) is 5.75 Å². The highest BCUT2D eigenvalue weighted by Crippen LogP contribution is 2.18. The SMILES string of the molecule is O=Cc1ccc(OCc2ccno2)c(F)c1. The largest absolute Gasteiger partial charge is 0.482 e. The Morgan fingerprint density at radius 3 is 2.94 bits per heavy atom. The van der Waals surface area contributed by atoms with Gasteiger partial charge in [-0.25, -0.2) is 4.39 Å². The third kappa shape index (κ3) is 2.25. The van der Waals surface area contributed by atoms with Gasteiger partial charge in [0.05, 0.1) is 6.20 Å². The molecule has 1 heterocycles. The van der Waals surface area contributed by atoms with E-state index in [-0.39, 0.29) is 17.9 Å². The van der Waals surface area contributed by atoms with Crippen LogP contribution in [0.5, 0.6) is 5.75 Å². The Morgan fingerprint density at radius 2 is 2.31 bits per heavy atom. The molecular weight excluding hydrogens is 213 g/mol. The van der Waals surface area contributed by atoms with Crippen molar-refractivity contribution in [3.63, 3.8) is 0 Å². The molecule has 0 fully saturated rings. The van der Waals surface area contributed by atoms with Gasteiger partial charge >= 0.3 is 0 Å². The molecule has 0 saturated carbocycles. The van der Waals surface area contributed by atoms with E-state index in [1.807, 2.05) is 0 Å². The van der Waals surface area contributed by atoms with Crippen molar-refractivity contribution in [3.05, 3.63) is 47.6 Å². The quantitative estimate of drug-likeness (QED) is 0.742. The molecule has 0 aliphatic carbocycles. The number of benzene rings is 1. The fourth-order valence-electron chi connectivity index (χ4n) is 1.17. The van der Waals surface area contributed by atoms with Gasteiger partial charge in [0.1, 0.15) is 12.9 Å². The van der Waals surface area contributed by atoms with Gasteiger partial charge in [-0.1, -0.05) is 5.16 Å². The second-order valence-corrected chi connectivity index (χ2v) is 3.08. The summed E-state index contributed by atoms with van der Waals surface area (Å²) in [5.74, 6) is -0.00928. The van der Waals surface area contributed by atoms with Crippen molar-refractivity contribution in [2.24, 2.45) is 0 Å². The number of ether oxygens (including phenoxy) is 1. The standard InChI is InChI=1S/C11H8FNO3/c12-10-5-8(6-14)1-2-11(10)15-7-9-3-4-13-16-9/h1-6H,7H2. The lowest BCUT2D eigenvalue weighted by molar-refractivity contribution is 0.112. The zero-order valence-electron chi connectivity index (χ0n) is 8.22.